The molecule has 2 rings (SSSR count). The van der Waals surface area contributed by atoms with Crippen molar-refractivity contribution in [2.75, 3.05) is 13.1 Å². The van der Waals surface area contributed by atoms with Crippen molar-refractivity contribution in [1.82, 2.24) is 4.90 Å². The van der Waals surface area contributed by atoms with E-state index in [2.05, 4.69) is 11.0 Å². The van der Waals surface area contributed by atoms with E-state index in [1.807, 2.05) is 6.92 Å². The number of hydrogen-bond acceptors (Lipinski definition) is 2. The van der Waals surface area contributed by atoms with Crippen LogP contribution < -0.4 is 0 Å². The van der Waals surface area contributed by atoms with Gasteiger partial charge in [0.2, 0.25) is 0 Å². The topological polar surface area (TPSA) is 27.0 Å². The second-order valence-corrected chi connectivity index (χ2v) is 4.98. The lowest BCUT2D eigenvalue weighted by Gasteiger charge is -2.26. The molecule has 2 nitrogen and oxygen atoms in total. The highest BCUT2D eigenvalue weighted by Gasteiger charge is 2.22. The highest BCUT2D eigenvalue weighted by molar-refractivity contribution is 5.33. The Morgan fingerprint density at radius 2 is 1.89 bits per heavy atom. The fraction of sp³-hybridized carbons (Fsp3) is 0.533. The molecule has 96 valence electrons. The van der Waals surface area contributed by atoms with Gasteiger partial charge in [-0.05, 0) is 56.1 Å². The molecule has 1 aromatic carbocycles. The van der Waals surface area contributed by atoms with E-state index in [9.17, 15) is 9.65 Å². The Bertz CT molecular complexity index is 442. The van der Waals surface area contributed by atoms with Crippen LogP contribution in [0.1, 0.15) is 42.9 Å². The molecule has 0 bridgehead atoms. The molecule has 1 atom stereocenters. The zero-order valence-corrected chi connectivity index (χ0v) is 10.8. The van der Waals surface area contributed by atoms with Crippen molar-refractivity contribution in [3.8, 4) is 6.07 Å². The summed E-state index contributed by atoms with van der Waals surface area (Å²) >= 11 is 0. The van der Waals surface area contributed by atoms with Crippen LogP contribution in [0.15, 0.2) is 18.2 Å². The molecule has 1 fully saturated rings. The third-order valence-corrected chi connectivity index (χ3v) is 3.66. The van der Waals surface area contributed by atoms with Crippen molar-refractivity contribution in [1.29, 1.82) is 5.26 Å². The molecule has 1 aromatic rings. The summed E-state index contributed by atoms with van der Waals surface area (Å²) in [5.74, 6) is -0.259. The summed E-state index contributed by atoms with van der Waals surface area (Å²) in [6.45, 7) is 3.82. The first-order valence-electron chi connectivity index (χ1n) is 6.62. The van der Waals surface area contributed by atoms with E-state index in [1.165, 1.54) is 25.0 Å². The maximum absolute atomic E-state index is 13.4. The Labute approximate surface area is 108 Å². The maximum Gasteiger partial charge on any atom is 0.124 e. The van der Waals surface area contributed by atoms with Gasteiger partial charge in [-0.15, -0.1) is 0 Å². The summed E-state index contributed by atoms with van der Waals surface area (Å²) < 4.78 is 13.4. The van der Waals surface area contributed by atoms with Gasteiger partial charge in [-0.3, -0.25) is 4.90 Å². The molecule has 0 radical (unpaired) electrons. The van der Waals surface area contributed by atoms with E-state index in [4.69, 9.17) is 0 Å². The lowest BCUT2D eigenvalue weighted by atomic mass is 10.0. The number of rotatable bonds is 2. The zero-order valence-electron chi connectivity index (χ0n) is 10.8. The molecule has 1 unspecified atom stereocenters. The van der Waals surface area contributed by atoms with Crippen LogP contribution in [0, 0.1) is 24.1 Å². The van der Waals surface area contributed by atoms with Crippen molar-refractivity contribution in [2.45, 2.75) is 38.6 Å². The highest BCUT2D eigenvalue weighted by atomic mass is 19.1. The van der Waals surface area contributed by atoms with Gasteiger partial charge in [0, 0.05) is 0 Å². The fourth-order valence-electron chi connectivity index (χ4n) is 2.61. The van der Waals surface area contributed by atoms with E-state index >= 15 is 0 Å². The van der Waals surface area contributed by atoms with E-state index in [0.29, 0.717) is 0 Å². The largest absolute Gasteiger partial charge is 0.284 e. The minimum absolute atomic E-state index is 0.259. The normalized spacial score (nSPS) is 18.9. The van der Waals surface area contributed by atoms with Crippen molar-refractivity contribution in [2.24, 2.45) is 0 Å². The molecular weight excluding hydrogens is 227 g/mol. The quantitative estimate of drug-likeness (QED) is 0.797. The first-order chi connectivity index (χ1) is 8.72. The Hall–Kier alpha value is -1.40. The molecule has 0 aromatic heterocycles. The number of hydrogen-bond donors (Lipinski definition) is 0. The molecule has 0 aliphatic carbocycles. The number of nitrogens with zero attached hydrogens (tertiary/aromatic N) is 2. The maximum atomic E-state index is 13.4. The molecule has 0 amide bonds. The number of nitriles is 1. The van der Waals surface area contributed by atoms with Crippen molar-refractivity contribution in [3.05, 3.63) is 35.1 Å². The number of likely N-dealkylation sites (tertiary alicyclic amines) is 1. The van der Waals surface area contributed by atoms with E-state index in [0.717, 1.165) is 37.1 Å². The SMILES string of the molecule is Cc1ccc(F)cc1C(C#N)N1CCCCCC1. The summed E-state index contributed by atoms with van der Waals surface area (Å²) in [6, 6.07) is 6.76. The molecule has 1 aliphatic heterocycles. The Morgan fingerprint density at radius 3 is 2.50 bits per heavy atom. The average molecular weight is 246 g/mol. The summed E-state index contributed by atoms with van der Waals surface area (Å²) in [4.78, 5) is 2.19. The monoisotopic (exact) mass is 246 g/mol. The van der Waals surface area contributed by atoms with E-state index in [1.54, 1.807) is 6.07 Å². The predicted molar refractivity (Wildman–Crippen MR) is 69.5 cm³/mol. The molecule has 18 heavy (non-hydrogen) atoms. The first kappa shape index (κ1) is 13.0. The van der Waals surface area contributed by atoms with Gasteiger partial charge >= 0.3 is 0 Å². The second kappa shape index (κ2) is 5.97. The van der Waals surface area contributed by atoms with Crippen molar-refractivity contribution in [3.63, 3.8) is 0 Å². The van der Waals surface area contributed by atoms with Crippen LogP contribution in [0.2, 0.25) is 0 Å². The third kappa shape index (κ3) is 2.88. The van der Waals surface area contributed by atoms with Crippen molar-refractivity contribution >= 4 is 0 Å². The number of benzene rings is 1. The van der Waals surface area contributed by atoms with Gasteiger partial charge in [0.05, 0.1) is 6.07 Å². The zero-order chi connectivity index (χ0) is 13.0. The molecule has 0 saturated carbocycles. The standard InChI is InChI=1S/C15H19FN2/c1-12-6-7-13(16)10-14(12)15(11-17)18-8-4-2-3-5-9-18/h6-7,10,15H,2-5,8-9H2,1H3. The third-order valence-electron chi connectivity index (χ3n) is 3.66. The van der Waals surface area contributed by atoms with Gasteiger partial charge in [0.25, 0.3) is 0 Å². The van der Waals surface area contributed by atoms with Gasteiger partial charge in [-0.25, -0.2) is 4.39 Å². The molecule has 0 spiro atoms. The molecule has 1 aliphatic rings. The molecule has 3 heteroatoms. The van der Waals surface area contributed by atoms with Crippen LogP contribution in [-0.2, 0) is 0 Å². The second-order valence-electron chi connectivity index (χ2n) is 4.98. The van der Waals surface area contributed by atoms with E-state index in [-0.39, 0.29) is 11.9 Å². The Balaban J connectivity index is 2.26. The summed E-state index contributed by atoms with van der Waals surface area (Å²) in [6.07, 6.45) is 4.73. The number of halogens is 1. The van der Waals surface area contributed by atoms with Crippen LogP contribution in [-0.4, -0.2) is 18.0 Å². The lowest BCUT2D eigenvalue weighted by molar-refractivity contribution is 0.245. The van der Waals surface area contributed by atoms with Gasteiger partial charge < -0.3 is 0 Å². The van der Waals surface area contributed by atoms with Gasteiger partial charge in [0.1, 0.15) is 11.9 Å². The smallest absolute Gasteiger partial charge is 0.124 e. The number of aryl methyl sites for hydroxylation is 1. The summed E-state index contributed by atoms with van der Waals surface area (Å²) in [7, 11) is 0. The molecular formula is C15H19FN2. The molecule has 1 saturated heterocycles. The predicted octanol–water partition coefficient (Wildman–Crippen LogP) is 3.57. The summed E-state index contributed by atoms with van der Waals surface area (Å²) in [5.41, 5.74) is 1.81. The molecule has 1 heterocycles. The summed E-state index contributed by atoms with van der Waals surface area (Å²) in [5, 5.41) is 9.42. The van der Waals surface area contributed by atoms with Crippen LogP contribution in [0.5, 0.6) is 0 Å². The first-order valence-corrected chi connectivity index (χ1v) is 6.62. The van der Waals surface area contributed by atoms with E-state index < -0.39 is 0 Å². The van der Waals surface area contributed by atoms with Crippen LogP contribution >= 0.6 is 0 Å². The Kier molecular flexibility index (Phi) is 4.33. The van der Waals surface area contributed by atoms with Crippen LogP contribution in [0.4, 0.5) is 4.39 Å². The lowest BCUT2D eigenvalue weighted by Crippen LogP contribution is -2.29. The average Bonchev–Trinajstić information content (AvgIpc) is 2.64. The van der Waals surface area contributed by atoms with Gasteiger partial charge in [-0.1, -0.05) is 18.9 Å². The molecule has 0 N–H and O–H groups in total. The fourth-order valence-corrected chi connectivity index (χ4v) is 2.61. The van der Waals surface area contributed by atoms with Gasteiger partial charge in [0.15, 0.2) is 0 Å². The van der Waals surface area contributed by atoms with Crippen LogP contribution in [0.25, 0.3) is 0 Å². The Morgan fingerprint density at radius 1 is 1.22 bits per heavy atom. The minimum Gasteiger partial charge on any atom is -0.284 e. The van der Waals surface area contributed by atoms with Crippen molar-refractivity contribution < 1.29 is 4.39 Å². The minimum atomic E-state index is -0.307. The van der Waals surface area contributed by atoms with Crippen LogP contribution in [0.3, 0.4) is 0 Å². The van der Waals surface area contributed by atoms with Gasteiger partial charge in [-0.2, -0.15) is 5.26 Å². The highest BCUT2D eigenvalue weighted by Crippen LogP contribution is 2.26.